The van der Waals surface area contributed by atoms with E-state index in [2.05, 4.69) is 21.5 Å². The number of allylic oxidation sites excluding steroid dienone is 1. The van der Waals surface area contributed by atoms with Gasteiger partial charge in [0.15, 0.2) is 5.72 Å². The Bertz CT molecular complexity index is 445. The van der Waals surface area contributed by atoms with Gasteiger partial charge >= 0.3 is 12.1 Å². The molecule has 0 aliphatic carbocycles. The number of methoxy groups -OCH3 is 2. The molecule has 0 aromatic carbocycles. The highest BCUT2D eigenvalue weighted by Gasteiger charge is 2.45. The average Bonchev–Trinajstić information content (AvgIpc) is 2.78. The Kier molecular flexibility index (Phi) is 6.19. The molecule has 0 saturated heterocycles. The molecule has 0 amide bonds. The van der Waals surface area contributed by atoms with E-state index in [1.807, 2.05) is 0 Å². The van der Waals surface area contributed by atoms with Crippen LogP contribution in [0.2, 0.25) is 0 Å². The first-order valence-corrected chi connectivity index (χ1v) is 6.62. The predicted molar refractivity (Wildman–Crippen MR) is 75.2 cm³/mol. The molecule has 1 rings (SSSR count). The second-order valence-electron chi connectivity index (χ2n) is 4.82. The van der Waals surface area contributed by atoms with Crippen LogP contribution in [0.25, 0.3) is 0 Å². The number of hydrogen-bond donors (Lipinski definition) is 0. The van der Waals surface area contributed by atoms with Gasteiger partial charge in [-0.1, -0.05) is 23.8 Å². The van der Waals surface area contributed by atoms with Crippen molar-refractivity contribution in [2.45, 2.75) is 38.5 Å². The van der Waals surface area contributed by atoms with Crippen molar-refractivity contribution in [2.75, 3.05) is 20.8 Å². The third kappa shape index (κ3) is 5.04. The molecule has 1 unspecified atom stereocenters. The highest BCUT2D eigenvalue weighted by atomic mass is 16.9. The highest BCUT2D eigenvalue weighted by Crippen LogP contribution is 2.33. The van der Waals surface area contributed by atoms with E-state index in [-0.39, 0.29) is 0 Å². The molecule has 7 heteroatoms. The molecule has 7 nitrogen and oxygen atoms in total. The first kappa shape index (κ1) is 17.5. The summed E-state index contributed by atoms with van der Waals surface area (Å²) in [5, 5.41) is 7.82. The van der Waals surface area contributed by atoms with E-state index in [0.717, 1.165) is 0 Å². The quantitative estimate of drug-likeness (QED) is 0.226. The lowest BCUT2D eigenvalue weighted by Crippen LogP contribution is -2.38. The van der Waals surface area contributed by atoms with E-state index in [0.29, 0.717) is 25.0 Å². The van der Waals surface area contributed by atoms with Crippen molar-refractivity contribution in [3.63, 3.8) is 0 Å². The monoisotopic (exact) mass is 298 g/mol. The largest absolute Gasteiger partial charge is 0.465 e. The first-order chi connectivity index (χ1) is 9.88. The van der Waals surface area contributed by atoms with Crippen LogP contribution in [0.5, 0.6) is 0 Å². The molecule has 0 radical (unpaired) electrons. The van der Waals surface area contributed by atoms with Gasteiger partial charge in [-0.05, 0) is 26.7 Å². The first-order valence-electron chi connectivity index (χ1n) is 6.62. The van der Waals surface area contributed by atoms with E-state index in [1.165, 1.54) is 20.3 Å². The average molecular weight is 298 g/mol. The number of rotatable bonds is 8. The lowest BCUT2D eigenvalue weighted by molar-refractivity contribution is -0.376. The van der Waals surface area contributed by atoms with Gasteiger partial charge in [-0.15, -0.1) is 0 Å². The Morgan fingerprint density at radius 2 is 2.05 bits per heavy atom. The maximum absolute atomic E-state index is 11.3. The summed E-state index contributed by atoms with van der Waals surface area (Å²) in [7, 11) is 2.77. The smallest absolute Gasteiger partial charge is 0.414 e. The third-order valence-electron chi connectivity index (χ3n) is 2.69. The predicted octanol–water partition coefficient (Wildman–Crippen LogP) is 2.54. The fourth-order valence-electron chi connectivity index (χ4n) is 1.65. The maximum atomic E-state index is 11.3. The SMILES string of the molecule is C=C/C(=C\CCCOC1(OC)N=NC(C)(C)O1)C(=O)OC. The van der Waals surface area contributed by atoms with Crippen molar-refractivity contribution in [1.29, 1.82) is 0 Å². The summed E-state index contributed by atoms with van der Waals surface area (Å²) < 4.78 is 20.8. The van der Waals surface area contributed by atoms with Gasteiger partial charge in [0.1, 0.15) is 0 Å². The van der Waals surface area contributed by atoms with E-state index in [4.69, 9.17) is 14.2 Å². The van der Waals surface area contributed by atoms with Crippen LogP contribution >= 0.6 is 0 Å². The zero-order valence-electron chi connectivity index (χ0n) is 12.9. The Balaban J connectivity index is 2.40. The van der Waals surface area contributed by atoms with Gasteiger partial charge in [0.25, 0.3) is 0 Å². The van der Waals surface area contributed by atoms with Gasteiger partial charge in [-0.2, -0.15) is 5.11 Å². The number of azo groups is 1. The fourth-order valence-corrected chi connectivity index (χ4v) is 1.65. The molecule has 0 aromatic heterocycles. The molecule has 0 N–H and O–H groups in total. The molecule has 0 spiro atoms. The van der Waals surface area contributed by atoms with E-state index in [1.54, 1.807) is 19.9 Å². The van der Waals surface area contributed by atoms with Crippen LogP contribution in [-0.2, 0) is 23.7 Å². The molecule has 0 aromatic rings. The lowest BCUT2D eigenvalue weighted by atomic mass is 10.2. The van der Waals surface area contributed by atoms with Crippen LogP contribution < -0.4 is 0 Å². The minimum atomic E-state index is -1.48. The molecule has 118 valence electrons. The lowest BCUT2D eigenvalue weighted by Gasteiger charge is -2.25. The Morgan fingerprint density at radius 3 is 2.52 bits per heavy atom. The summed E-state index contributed by atoms with van der Waals surface area (Å²) in [5.41, 5.74) is -0.339. The fraction of sp³-hybridized carbons (Fsp3) is 0.643. The normalized spacial score (nSPS) is 24.1. The molecule has 1 heterocycles. The molecular weight excluding hydrogens is 276 g/mol. The molecule has 21 heavy (non-hydrogen) atoms. The third-order valence-corrected chi connectivity index (χ3v) is 2.69. The van der Waals surface area contributed by atoms with Gasteiger partial charge in [0.2, 0.25) is 0 Å². The van der Waals surface area contributed by atoms with Gasteiger partial charge in [-0.25, -0.2) is 4.79 Å². The zero-order valence-corrected chi connectivity index (χ0v) is 12.9. The second-order valence-corrected chi connectivity index (χ2v) is 4.82. The van der Waals surface area contributed by atoms with Gasteiger partial charge < -0.3 is 14.2 Å². The van der Waals surface area contributed by atoms with E-state index in [9.17, 15) is 4.79 Å². The van der Waals surface area contributed by atoms with Crippen LogP contribution in [0.1, 0.15) is 26.7 Å². The zero-order chi connectivity index (χ0) is 15.9. The molecule has 1 aliphatic heterocycles. The minimum absolute atomic E-state index is 0.338. The molecular formula is C14H22N2O5. The summed E-state index contributed by atoms with van der Waals surface area (Å²) >= 11 is 0. The van der Waals surface area contributed by atoms with Crippen molar-refractivity contribution in [1.82, 2.24) is 0 Å². The Hall–Kier alpha value is -1.57. The molecule has 1 atom stereocenters. The van der Waals surface area contributed by atoms with Crippen molar-refractivity contribution in [3.8, 4) is 0 Å². The van der Waals surface area contributed by atoms with E-state index >= 15 is 0 Å². The van der Waals surface area contributed by atoms with Gasteiger partial charge in [0, 0.05) is 7.11 Å². The molecule has 0 bridgehead atoms. The standard InChI is InChI=1S/C14H22N2O5/c1-6-11(12(17)18-4)9-7-8-10-20-14(19-5)16-15-13(2,3)21-14/h6,9H,1,7-8,10H2,2-5H3/b11-9+. The van der Waals surface area contributed by atoms with Crippen LogP contribution in [0, 0.1) is 0 Å². The van der Waals surface area contributed by atoms with Crippen LogP contribution in [0.15, 0.2) is 34.5 Å². The highest BCUT2D eigenvalue weighted by molar-refractivity contribution is 5.91. The number of esters is 1. The number of unbranched alkanes of at least 4 members (excludes halogenated alkanes) is 1. The van der Waals surface area contributed by atoms with Crippen molar-refractivity contribution in [3.05, 3.63) is 24.3 Å². The minimum Gasteiger partial charge on any atom is -0.465 e. The van der Waals surface area contributed by atoms with Crippen molar-refractivity contribution < 1.29 is 23.7 Å². The van der Waals surface area contributed by atoms with Crippen LogP contribution in [0.4, 0.5) is 0 Å². The maximum Gasteiger partial charge on any atom is 0.414 e. The number of carbonyl (C=O) groups is 1. The second kappa shape index (κ2) is 7.44. The summed E-state index contributed by atoms with van der Waals surface area (Å²) in [6.07, 6.45) is 3.00. The summed E-state index contributed by atoms with van der Waals surface area (Å²) in [6.45, 7) is 7.42. The number of hydrogen-bond acceptors (Lipinski definition) is 7. The molecule has 0 saturated carbocycles. The topological polar surface area (TPSA) is 78.7 Å². The summed E-state index contributed by atoms with van der Waals surface area (Å²) in [6, 6.07) is 0. The Morgan fingerprint density at radius 1 is 1.33 bits per heavy atom. The summed E-state index contributed by atoms with van der Waals surface area (Å²) in [5.74, 6) is -0.408. The Labute approximate surface area is 124 Å². The van der Waals surface area contributed by atoms with Crippen LogP contribution in [-0.4, -0.2) is 38.6 Å². The van der Waals surface area contributed by atoms with Gasteiger partial charge in [-0.3, -0.25) is 4.74 Å². The molecule has 1 aliphatic rings. The van der Waals surface area contributed by atoms with Gasteiger partial charge in [0.05, 0.1) is 19.3 Å². The number of carbonyl (C=O) groups excluding carboxylic acids is 1. The van der Waals surface area contributed by atoms with E-state index < -0.39 is 17.8 Å². The molecule has 0 fully saturated rings. The van der Waals surface area contributed by atoms with Crippen molar-refractivity contribution in [2.24, 2.45) is 10.2 Å². The van der Waals surface area contributed by atoms with Crippen molar-refractivity contribution >= 4 is 5.97 Å². The van der Waals surface area contributed by atoms with Crippen LogP contribution in [0.3, 0.4) is 0 Å². The summed E-state index contributed by atoms with van der Waals surface area (Å²) in [4.78, 5) is 11.3. The number of ether oxygens (including phenoxy) is 4. The number of nitrogens with zero attached hydrogens (tertiary/aromatic N) is 2.